The van der Waals surface area contributed by atoms with Gasteiger partial charge >= 0.3 is 0 Å². The Hall–Kier alpha value is -4.44. The summed E-state index contributed by atoms with van der Waals surface area (Å²) in [5.74, 6) is 1.18. The van der Waals surface area contributed by atoms with Gasteiger partial charge in [0, 0.05) is 16.5 Å². The Morgan fingerprint density at radius 3 is 2.33 bits per heavy atom. The molecular formula is C36H33N3O. The first-order chi connectivity index (χ1) is 19.2. The van der Waals surface area contributed by atoms with Crippen molar-refractivity contribution in [3.05, 3.63) is 102 Å². The second kappa shape index (κ2) is 8.79. The van der Waals surface area contributed by atoms with Crippen LogP contribution in [0.3, 0.4) is 0 Å². The van der Waals surface area contributed by atoms with E-state index in [2.05, 4.69) is 118 Å². The van der Waals surface area contributed by atoms with Crippen LogP contribution in [0.25, 0.3) is 61.0 Å². The van der Waals surface area contributed by atoms with Crippen molar-refractivity contribution in [1.82, 2.24) is 14.5 Å². The molecule has 0 aliphatic rings. The Labute approximate surface area is 234 Å². The number of rotatable bonds is 3. The summed E-state index contributed by atoms with van der Waals surface area (Å²) in [5.41, 5.74) is 9.18. The lowest BCUT2D eigenvalue weighted by atomic mass is 9.80. The molecule has 4 heteroatoms. The highest BCUT2D eigenvalue weighted by Crippen LogP contribution is 2.44. The van der Waals surface area contributed by atoms with Crippen LogP contribution in [0.4, 0.5) is 0 Å². The van der Waals surface area contributed by atoms with Crippen LogP contribution >= 0.6 is 0 Å². The van der Waals surface area contributed by atoms with Gasteiger partial charge in [-0.3, -0.25) is 4.57 Å². The van der Waals surface area contributed by atoms with Crippen LogP contribution in [0.5, 0.6) is 0 Å². The first-order valence-electron chi connectivity index (χ1n) is 14.1. The highest BCUT2D eigenvalue weighted by Gasteiger charge is 2.29. The fourth-order valence-corrected chi connectivity index (χ4v) is 6.14. The van der Waals surface area contributed by atoms with Gasteiger partial charge in [0.2, 0.25) is 5.71 Å². The molecule has 7 rings (SSSR count). The van der Waals surface area contributed by atoms with Gasteiger partial charge in [0.05, 0.1) is 22.3 Å². The predicted octanol–water partition coefficient (Wildman–Crippen LogP) is 9.87. The van der Waals surface area contributed by atoms with E-state index in [1.54, 1.807) is 0 Å². The smallest absolute Gasteiger partial charge is 0.227 e. The molecule has 0 aliphatic heterocycles. The zero-order valence-corrected chi connectivity index (χ0v) is 23.9. The van der Waals surface area contributed by atoms with E-state index >= 15 is 0 Å². The monoisotopic (exact) mass is 523 g/mol. The molecular weight excluding hydrogens is 490 g/mol. The molecule has 0 spiro atoms. The quantitative estimate of drug-likeness (QED) is 0.231. The van der Waals surface area contributed by atoms with Crippen molar-refractivity contribution in [1.29, 1.82) is 0 Å². The third kappa shape index (κ3) is 3.66. The Morgan fingerprint density at radius 1 is 0.775 bits per heavy atom. The molecule has 198 valence electrons. The molecule has 0 fully saturated rings. The van der Waals surface area contributed by atoms with Gasteiger partial charge in [0.1, 0.15) is 11.4 Å². The highest BCUT2D eigenvalue weighted by molar-refractivity contribution is 6.08. The average molecular weight is 524 g/mol. The summed E-state index contributed by atoms with van der Waals surface area (Å²) in [6.45, 7) is 13.5. The molecule has 3 aromatic heterocycles. The third-order valence-electron chi connectivity index (χ3n) is 7.98. The average Bonchev–Trinajstić information content (AvgIpc) is 3.49. The number of hydrogen-bond acceptors (Lipinski definition) is 3. The topological polar surface area (TPSA) is 43.9 Å². The molecule has 0 saturated carbocycles. The number of para-hydroxylation sites is 3. The lowest BCUT2D eigenvalue weighted by Crippen LogP contribution is -2.18. The summed E-state index contributed by atoms with van der Waals surface area (Å²) in [7, 11) is 0. The van der Waals surface area contributed by atoms with Gasteiger partial charge in [-0.05, 0) is 76.6 Å². The van der Waals surface area contributed by atoms with Crippen LogP contribution in [0, 0.1) is 6.92 Å². The standard InChI is InChI=1S/C36H33N3O/c1-21(2)31-24-13-8-7-12-23(24)20-28(36(4,5)6)32(31)39-30-17-10-9-16-29(30)38-34(39)27-15-11-14-25-26-19-18-22(3)37-35(26)40-33(25)27/h7-21H,1-6H3. The van der Waals surface area contributed by atoms with Gasteiger partial charge in [-0.15, -0.1) is 0 Å². The van der Waals surface area contributed by atoms with Crippen LogP contribution in [0.1, 0.15) is 57.4 Å². The number of aryl methyl sites for hydroxylation is 1. The summed E-state index contributed by atoms with van der Waals surface area (Å²) >= 11 is 0. The number of aromatic nitrogens is 3. The maximum absolute atomic E-state index is 6.49. The Kier molecular flexibility index (Phi) is 5.40. The number of furan rings is 1. The zero-order valence-electron chi connectivity index (χ0n) is 23.9. The van der Waals surface area contributed by atoms with Crippen molar-refractivity contribution in [2.24, 2.45) is 0 Å². The number of imidazole rings is 1. The third-order valence-corrected chi connectivity index (χ3v) is 7.98. The van der Waals surface area contributed by atoms with Crippen LogP contribution in [0.2, 0.25) is 0 Å². The van der Waals surface area contributed by atoms with Crippen LogP contribution in [-0.2, 0) is 5.41 Å². The number of fused-ring (bicyclic) bond motifs is 5. The van der Waals surface area contributed by atoms with Crippen molar-refractivity contribution in [2.45, 2.75) is 52.9 Å². The Morgan fingerprint density at radius 2 is 1.52 bits per heavy atom. The fraction of sp³-hybridized carbons (Fsp3) is 0.222. The Balaban J connectivity index is 1.67. The zero-order chi connectivity index (χ0) is 27.8. The highest BCUT2D eigenvalue weighted by atomic mass is 16.3. The van der Waals surface area contributed by atoms with Gasteiger partial charge < -0.3 is 4.42 Å². The molecule has 0 aliphatic carbocycles. The summed E-state index contributed by atoms with van der Waals surface area (Å²) in [4.78, 5) is 9.98. The fourth-order valence-electron chi connectivity index (χ4n) is 6.14. The van der Waals surface area contributed by atoms with Crippen LogP contribution in [0.15, 0.2) is 89.3 Å². The molecule has 4 nitrogen and oxygen atoms in total. The molecule has 7 aromatic rings. The van der Waals surface area contributed by atoms with Crippen molar-refractivity contribution in [3.8, 4) is 17.1 Å². The Bertz CT molecular complexity index is 2090. The second-order valence-electron chi connectivity index (χ2n) is 12.2. The van der Waals surface area contributed by atoms with E-state index in [1.165, 1.54) is 27.6 Å². The predicted molar refractivity (Wildman–Crippen MR) is 167 cm³/mol. The number of benzene rings is 4. The number of hydrogen-bond donors (Lipinski definition) is 0. The van der Waals surface area contributed by atoms with Crippen molar-refractivity contribution < 1.29 is 4.42 Å². The summed E-state index contributed by atoms with van der Waals surface area (Å²) in [6.07, 6.45) is 0. The van der Waals surface area contributed by atoms with E-state index < -0.39 is 0 Å². The molecule has 0 unspecified atom stereocenters. The maximum Gasteiger partial charge on any atom is 0.227 e. The maximum atomic E-state index is 6.49. The number of nitrogens with zero attached hydrogens (tertiary/aromatic N) is 3. The summed E-state index contributed by atoms with van der Waals surface area (Å²) < 4.78 is 8.87. The number of pyridine rings is 1. The molecule has 0 N–H and O–H groups in total. The van der Waals surface area contributed by atoms with Gasteiger partial charge in [0.15, 0.2) is 0 Å². The SMILES string of the molecule is Cc1ccc2c(n1)oc1c(-c3nc4ccccc4n3-c3c(C(C)(C)C)cc4ccccc4c3C(C)C)cccc12. The lowest BCUT2D eigenvalue weighted by molar-refractivity contribution is 0.586. The molecule has 4 aromatic carbocycles. The van der Waals surface area contributed by atoms with Gasteiger partial charge in [-0.2, -0.15) is 0 Å². The molecule has 0 bridgehead atoms. The minimum Gasteiger partial charge on any atom is -0.437 e. The summed E-state index contributed by atoms with van der Waals surface area (Å²) in [6, 6.07) is 30.1. The van der Waals surface area contributed by atoms with E-state index in [4.69, 9.17) is 14.4 Å². The summed E-state index contributed by atoms with van der Waals surface area (Å²) in [5, 5.41) is 4.63. The van der Waals surface area contributed by atoms with Gasteiger partial charge in [0.25, 0.3) is 0 Å². The van der Waals surface area contributed by atoms with Crippen molar-refractivity contribution >= 4 is 43.9 Å². The van der Waals surface area contributed by atoms with Crippen LogP contribution < -0.4 is 0 Å². The first kappa shape index (κ1) is 24.6. The van der Waals surface area contributed by atoms with E-state index in [0.29, 0.717) is 11.6 Å². The van der Waals surface area contributed by atoms with E-state index in [1.807, 2.05) is 13.0 Å². The minimum atomic E-state index is -0.0987. The molecule has 0 radical (unpaired) electrons. The van der Waals surface area contributed by atoms with Crippen LogP contribution in [-0.4, -0.2) is 14.5 Å². The first-order valence-corrected chi connectivity index (χ1v) is 14.1. The van der Waals surface area contributed by atoms with Crippen molar-refractivity contribution in [3.63, 3.8) is 0 Å². The molecule has 0 atom stereocenters. The van der Waals surface area contributed by atoms with E-state index in [-0.39, 0.29) is 5.41 Å². The van der Waals surface area contributed by atoms with Gasteiger partial charge in [-0.1, -0.05) is 83.1 Å². The van der Waals surface area contributed by atoms with Crippen molar-refractivity contribution in [2.75, 3.05) is 0 Å². The molecule has 0 amide bonds. The van der Waals surface area contributed by atoms with E-state index in [9.17, 15) is 0 Å². The normalized spacial score (nSPS) is 12.5. The minimum absolute atomic E-state index is 0.0987. The largest absolute Gasteiger partial charge is 0.437 e. The van der Waals surface area contributed by atoms with Gasteiger partial charge in [-0.25, -0.2) is 9.97 Å². The van der Waals surface area contributed by atoms with E-state index in [0.717, 1.165) is 44.5 Å². The molecule has 0 saturated heterocycles. The lowest BCUT2D eigenvalue weighted by Gasteiger charge is -2.29. The second-order valence-corrected chi connectivity index (χ2v) is 12.2. The molecule has 3 heterocycles. The molecule has 40 heavy (non-hydrogen) atoms.